The van der Waals surface area contributed by atoms with Gasteiger partial charge in [0.1, 0.15) is 0 Å². The molecule has 4 aromatic rings. The molecule has 28 heavy (non-hydrogen) atoms. The summed E-state index contributed by atoms with van der Waals surface area (Å²) in [6.45, 7) is 4.82. The minimum atomic E-state index is -0.0785. The van der Waals surface area contributed by atoms with Gasteiger partial charge in [-0.3, -0.25) is 9.78 Å². The molecule has 0 unspecified atom stereocenters. The van der Waals surface area contributed by atoms with Crippen LogP contribution in [0.15, 0.2) is 60.2 Å². The SMILES string of the molecule is CC(C)c1nc(-c2cc(C(=O)NCCc3ccccn3)c3ccccn23)cs1. The first kappa shape index (κ1) is 18.4. The molecular formula is C22H22N4OS. The van der Waals surface area contributed by atoms with E-state index >= 15 is 0 Å². The Labute approximate surface area is 168 Å². The molecule has 5 nitrogen and oxygen atoms in total. The highest BCUT2D eigenvalue weighted by atomic mass is 32.1. The predicted octanol–water partition coefficient (Wildman–Crippen LogP) is 4.55. The zero-order valence-electron chi connectivity index (χ0n) is 15.9. The summed E-state index contributed by atoms with van der Waals surface area (Å²) in [7, 11) is 0. The summed E-state index contributed by atoms with van der Waals surface area (Å²) < 4.78 is 2.03. The summed E-state index contributed by atoms with van der Waals surface area (Å²) in [6, 6.07) is 13.6. The monoisotopic (exact) mass is 390 g/mol. The highest BCUT2D eigenvalue weighted by molar-refractivity contribution is 7.10. The third-order valence-electron chi connectivity index (χ3n) is 4.59. The molecule has 6 heteroatoms. The van der Waals surface area contributed by atoms with Gasteiger partial charge in [-0.15, -0.1) is 11.3 Å². The van der Waals surface area contributed by atoms with Gasteiger partial charge in [-0.25, -0.2) is 4.98 Å². The van der Waals surface area contributed by atoms with Gasteiger partial charge in [0.2, 0.25) is 0 Å². The van der Waals surface area contributed by atoms with Crippen molar-refractivity contribution in [3.63, 3.8) is 0 Å². The molecule has 0 saturated heterocycles. The number of pyridine rings is 2. The van der Waals surface area contributed by atoms with Crippen LogP contribution in [0.3, 0.4) is 0 Å². The maximum absolute atomic E-state index is 12.8. The van der Waals surface area contributed by atoms with Crippen molar-refractivity contribution in [1.29, 1.82) is 0 Å². The molecule has 142 valence electrons. The van der Waals surface area contributed by atoms with Crippen LogP contribution in [0.4, 0.5) is 0 Å². The summed E-state index contributed by atoms with van der Waals surface area (Å²) in [5, 5.41) is 6.18. The third-order valence-corrected chi connectivity index (χ3v) is 5.74. The highest BCUT2D eigenvalue weighted by Gasteiger charge is 2.18. The number of fused-ring (bicyclic) bond motifs is 1. The van der Waals surface area contributed by atoms with Gasteiger partial charge in [-0.05, 0) is 30.3 Å². The molecule has 1 N–H and O–H groups in total. The lowest BCUT2D eigenvalue weighted by atomic mass is 10.2. The molecule has 0 bridgehead atoms. The summed E-state index contributed by atoms with van der Waals surface area (Å²) in [4.78, 5) is 21.9. The number of thiazole rings is 1. The number of amides is 1. The van der Waals surface area contributed by atoms with E-state index in [0.29, 0.717) is 24.4 Å². The normalized spacial score (nSPS) is 11.2. The van der Waals surface area contributed by atoms with Gasteiger partial charge < -0.3 is 9.72 Å². The smallest absolute Gasteiger partial charge is 0.253 e. The Balaban J connectivity index is 1.59. The van der Waals surface area contributed by atoms with Crippen LogP contribution in [0.1, 0.15) is 40.8 Å². The van der Waals surface area contributed by atoms with Crippen molar-refractivity contribution < 1.29 is 4.79 Å². The molecule has 0 fully saturated rings. The van der Waals surface area contributed by atoms with Crippen molar-refractivity contribution >= 4 is 22.8 Å². The number of nitrogens with one attached hydrogen (secondary N) is 1. The lowest BCUT2D eigenvalue weighted by Crippen LogP contribution is -2.25. The third kappa shape index (κ3) is 3.68. The second-order valence-electron chi connectivity index (χ2n) is 6.95. The summed E-state index contributed by atoms with van der Waals surface area (Å²) in [6.07, 6.45) is 4.45. The summed E-state index contributed by atoms with van der Waals surface area (Å²) in [5.41, 5.74) is 4.35. The van der Waals surface area contributed by atoms with Crippen molar-refractivity contribution in [3.05, 3.63) is 76.5 Å². The molecular weight excluding hydrogens is 368 g/mol. The maximum Gasteiger partial charge on any atom is 0.253 e. The first-order chi connectivity index (χ1) is 13.6. The molecule has 0 aliphatic heterocycles. The van der Waals surface area contributed by atoms with Crippen LogP contribution in [-0.2, 0) is 6.42 Å². The molecule has 4 heterocycles. The Bertz CT molecular complexity index is 1100. The number of hydrogen-bond donors (Lipinski definition) is 1. The zero-order chi connectivity index (χ0) is 19.5. The second-order valence-corrected chi connectivity index (χ2v) is 7.84. The average molecular weight is 391 g/mol. The fourth-order valence-corrected chi connectivity index (χ4v) is 3.98. The Kier molecular flexibility index (Phi) is 5.21. The first-order valence-electron chi connectivity index (χ1n) is 9.37. The quantitative estimate of drug-likeness (QED) is 0.525. The van der Waals surface area contributed by atoms with Crippen molar-refractivity contribution in [3.8, 4) is 11.4 Å². The van der Waals surface area contributed by atoms with Crippen molar-refractivity contribution in [1.82, 2.24) is 19.7 Å². The molecule has 0 aliphatic carbocycles. The van der Waals surface area contributed by atoms with Gasteiger partial charge in [-0.2, -0.15) is 0 Å². The van der Waals surface area contributed by atoms with E-state index in [4.69, 9.17) is 4.98 Å². The van der Waals surface area contributed by atoms with E-state index in [0.717, 1.165) is 27.6 Å². The lowest BCUT2D eigenvalue weighted by molar-refractivity contribution is 0.0956. The summed E-state index contributed by atoms with van der Waals surface area (Å²) >= 11 is 1.66. The number of hydrogen-bond acceptors (Lipinski definition) is 4. The van der Waals surface area contributed by atoms with Crippen LogP contribution in [-0.4, -0.2) is 26.8 Å². The molecule has 0 aliphatic rings. The predicted molar refractivity (Wildman–Crippen MR) is 113 cm³/mol. The Morgan fingerprint density at radius 1 is 1.21 bits per heavy atom. The maximum atomic E-state index is 12.8. The van der Waals surface area contributed by atoms with Crippen LogP contribution in [0, 0.1) is 0 Å². The second kappa shape index (κ2) is 7.94. The van der Waals surface area contributed by atoms with E-state index in [1.165, 1.54) is 0 Å². The van der Waals surface area contributed by atoms with Crippen molar-refractivity contribution in [2.75, 3.05) is 6.54 Å². The minimum Gasteiger partial charge on any atom is -0.352 e. The van der Waals surface area contributed by atoms with Crippen LogP contribution in [0.25, 0.3) is 16.9 Å². The molecule has 0 spiro atoms. The number of aromatic nitrogens is 3. The van der Waals surface area contributed by atoms with E-state index in [2.05, 4.69) is 29.5 Å². The Morgan fingerprint density at radius 3 is 2.82 bits per heavy atom. The topological polar surface area (TPSA) is 59.3 Å². The van der Waals surface area contributed by atoms with Gasteiger partial charge in [-0.1, -0.05) is 26.0 Å². The largest absolute Gasteiger partial charge is 0.352 e. The van der Waals surface area contributed by atoms with E-state index < -0.39 is 0 Å². The molecule has 0 atom stereocenters. The van der Waals surface area contributed by atoms with Crippen LogP contribution in [0.5, 0.6) is 0 Å². The van der Waals surface area contributed by atoms with Gasteiger partial charge >= 0.3 is 0 Å². The number of carbonyl (C=O) groups excluding carboxylic acids is 1. The average Bonchev–Trinajstić information content (AvgIpc) is 3.34. The number of carbonyl (C=O) groups is 1. The van der Waals surface area contributed by atoms with Crippen molar-refractivity contribution in [2.24, 2.45) is 0 Å². The number of nitrogens with zero attached hydrogens (tertiary/aromatic N) is 3. The first-order valence-corrected chi connectivity index (χ1v) is 10.3. The Morgan fingerprint density at radius 2 is 2.07 bits per heavy atom. The van der Waals surface area contributed by atoms with E-state index in [-0.39, 0.29) is 5.91 Å². The van der Waals surface area contributed by atoms with Gasteiger partial charge in [0.05, 0.1) is 27.5 Å². The van der Waals surface area contributed by atoms with Gasteiger partial charge in [0.25, 0.3) is 5.91 Å². The molecule has 1 amide bonds. The molecule has 0 saturated carbocycles. The van der Waals surface area contributed by atoms with Crippen LogP contribution in [0.2, 0.25) is 0 Å². The molecule has 0 aromatic carbocycles. The lowest BCUT2D eigenvalue weighted by Gasteiger charge is -2.04. The minimum absolute atomic E-state index is 0.0785. The fraction of sp³-hybridized carbons (Fsp3) is 0.227. The molecule has 4 rings (SSSR count). The van der Waals surface area contributed by atoms with Crippen LogP contribution >= 0.6 is 11.3 Å². The molecule has 4 aromatic heterocycles. The van der Waals surface area contributed by atoms with Gasteiger partial charge in [0, 0.05) is 42.4 Å². The van der Waals surface area contributed by atoms with E-state index in [1.807, 2.05) is 53.1 Å². The van der Waals surface area contributed by atoms with Crippen LogP contribution < -0.4 is 5.32 Å². The number of rotatable bonds is 6. The standard InChI is InChI=1S/C22H22N4OS/c1-15(2)22-25-18(14-28-22)20-13-17(19-8-4-6-12-26(19)20)21(27)24-11-9-16-7-3-5-10-23-16/h3-8,10,12-15H,9,11H2,1-2H3,(H,24,27). The van der Waals surface area contributed by atoms with Gasteiger partial charge in [0.15, 0.2) is 0 Å². The fourth-order valence-electron chi connectivity index (χ4n) is 3.15. The Hall–Kier alpha value is -2.99. The highest BCUT2D eigenvalue weighted by Crippen LogP contribution is 2.29. The van der Waals surface area contributed by atoms with E-state index in [9.17, 15) is 4.79 Å². The molecule has 0 radical (unpaired) electrons. The van der Waals surface area contributed by atoms with E-state index in [1.54, 1.807) is 17.5 Å². The zero-order valence-corrected chi connectivity index (χ0v) is 16.7. The summed E-state index contributed by atoms with van der Waals surface area (Å²) in [5.74, 6) is 0.310. The van der Waals surface area contributed by atoms with Crippen molar-refractivity contribution in [2.45, 2.75) is 26.2 Å².